The third kappa shape index (κ3) is 3.80. The number of hydrogen-bond donors (Lipinski definition) is 1. The number of hydrogen-bond acceptors (Lipinski definition) is 3. The zero-order chi connectivity index (χ0) is 12.8. The molecule has 1 amide bonds. The lowest BCUT2D eigenvalue weighted by atomic mass is 10.1. The fourth-order valence-corrected chi connectivity index (χ4v) is 1.28. The molecule has 0 heterocycles. The quantitative estimate of drug-likeness (QED) is 0.794. The molecule has 0 saturated carbocycles. The van der Waals surface area contributed by atoms with Gasteiger partial charge in [-0.25, -0.2) is 4.39 Å². The molecule has 0 aliphatic rings. The lowest BCUT2D eigenvalue weighted by Crippen LogP contribution is -2.34. The zero-order valence-corrected chi connectivity index (χ0v) is 10.1. The van der Waals surface area contributed by atoms with Crippen LogP contribution in [0.1, 0.15) is 15.9 Å². The zero-order valence-electron chi connectivity index (χ0n) is 10.1. The summed E-state index contributed by atoms with van der Waals surface area (Å²) in [6.45, 7) is 1.85. The number of halogens is 1. The van der Waals surface area contributed by atoms with E-state index < -0.39 is 12.1 Å². The summed E-state index contributed by atoms with van der Waals surface area (Å²) in [6.07, 6.45) is -0.505. The van der Waals surface area contributed by atoms with Gasteiger partial charge in [0.1, 0.15) is 5.82 Å². The first-order valence-electron chi connectivity index (χ1n) is 5.18. The first-order chi connectivity index (χ1) is 8.08. The molecule has 1 N–H and O–H groups in total. The van der Waals surface area contributed by atoms with E-state index in [4.69, 9.17) is 9.47 Å². The number of benzene rings is 1. The van der Waals surface area contributed by atoms with Gasteiger partial charge in [0.15, 0.2) is 6.29 Å². The Hall–Kier alpha value is -1.46. The molecule has 4 nitrogen and oxygen atoms in total. The first kappa shape index (κ1) is 13.6. The van der Waals surface area contributed by atoms with E-state index in [9.17, 15) is 9.18 Å². The van der Waals surface area contributed by atoms with Crippen molar-refractivity contribution in [2.45, 2.75) is 13.2 Å². The van der Waals surface area contributed by atoms with Gasteiger partial charge in [-0.3, -0.25) is 4.79 Å². The SMILES string of the molecule is COC(CNC(=O)c1ccc(C)c(F)c1)OC. The number of carbonyl (C=O) groups excluding carboxylic acids is 1. The minimum absolute atomic E-state index is 0.210. The summed E-state index contributed by atoms with van der Waals surface area (Å²) < 4.78 is 23.1. The molecule has 17 heavy (non-hydrogen) atoms. The topological polar surface area (TPSA) is 47.6 Å². The van der Waals surface area contributed by atoms with Gasteiger partial charge < -0.3 is 14.8 Å². The van der Waals surface area contributed by atoms with Crippen LogP contribution in [0.15, 0.2) is 18.2 Å². The van der Waals surface area contributed by atoms with E-state index in [1.807, 2.05) is 0 Å². The Balaban J connectivity index is 2.61. The van der Waals surface area contributed by atoms with E-state index in [-0.39, 0.29) is 18.0 Å². The normalized spacial score (nSPS) is 10.6. The van der Waals surface area contributed by atoms with E-state index in [1.165, 1.54) is 20.3 Å². The maximum absolute atomic E-state index is 13.2. The predicted molar refractivity (Wildman–Crippen MR) is 61.3 cm³/mol. The summed E-state index contributed by atoms with van der Waals surface area (Å²) in [6, 6.07) is 4.34. The molecule has 0 atom stereocenters. The molecule has 1 rings (SSSR count). The second kappa shape index (κ2) is 6.32. The fourth-order valence-electron chi connectivity index (χ4n) is 1.28. The fraction of sp³-hybridized carbons (Fsp3) is 0.417. The van der Waals surface area contributed by atoms with E-state index in [0.717, 1.165) is 0 Å². The van der Waals surface area contributed by atoms with E-state index in [1.54, 1.807) is 19.1 Å². The van der Waals surface area contributed by atoms with Gasteiger partial charge >= 0.3 is 0 Å². The second-order valence-electron chi connectivity index (χ2n) is 3.57. The third-order valence-electron chi connectivity index (χ3n) is 2.39. The van der Waals surface area contributed by atoms with Crippen LogP contribution in [-0.4, -0.2) is 33.0 Å². The number of carbonyl (C=O) groups is 1. The van der Waals surface area contributed by atoms with Crippen molar-refractivity contribution in [2.75, 3.05) is 20.8 Å². The Morgan fingerprint density at radius 1 is 1.41 bits per heavy atom. The standard InChI is InChI=1S/C12H16FNO3/c1-8-4-5-9(6-10(8)13)12(15)14-7-11(16-2)17-3/h4-6,11H,7H2,1-3H3,(H,14,15). The Morgan fingerprint density at radius 2 is 2.06 bits per heavy atom. The van der Waals surface area contributed by atoms with Crippen molar-refractivity contribution < 1.29 is 18.7 Å². The van der Waals surface area contributed by atoms with Gasteiger partial charge in [0.25, 0.3) is 5.91 Å². The summed E-state index contributed by atoms with van der Waals surface area (Å²) >= 11 is 0. The molecule has 0 aliphatic carbocycles. The van der Waals surface area contributed by atoms with Crippen LogP contribution in [-0.2, 0) is 9.47 Å². The lowest BCUT2D eigenvalue weighted by Gasteiger charge is -2.14. The van der Waals surface area contributed by atoms with Crippen molar-refractivity contribution in [1.29, 1.82) is 0 Å². The molecule has 0 spiro atoms. The van der Waals surface area contributed by atoms with Crippen LogP contribution >= 0.6 is 0 Å². The van der Waals surface area contributed by atoms with Gasteiger partial charge in [0.2, 0.25) is 0 Å². The minimum atomic E-state index is -0.505. The molecule has 94 valence electrons. The molecule has 0 radical (unpaired) electrons. The van der Waals surface area contributed by atoms with Gasteiger partial charge in [0.05, 0.1) is 6.54 Å². The monoisotopic (exact) mass is 241 g/mol. The first-order valence-corrected chi connectivity index (χ1v) is 5.18. The molecular formula is C12H16FNO3. The maximum atomic E-state index is 13.2. The van der Waals surface area contributed by atoms with Crippen molar-refractivity contribution in [3.63, 3.8) is 0 Å². The number of aryl methyl sites for hydroxylation is 1. The molecule has 0 aromatic heterocycles. The van der Waals surface area contributed by atoms with Crippen LogP contribution < -0.4 is 5.32 Å². The highest BCUT2D eigenvalue weighted by atomic mass is 19.1. The number of amides is 1. The van der Waals surface area contributed by atoms with Gasteiger partial charge in [-0.15, -0.1) is 0 Å². The number of rotatable bonds is 5. The summed E-state index contributed by atoms with van der Waals surface area (Å²) in [4.78, 5) is 11.7. The molecule has 0 saturated heterocycles. The van der Waals surface area contributed by atoms with Crippen molar-refractivity contribution in [3.05, 3.63) is 35.1 Å². The highest BCUT2D eigenvalue weighted by Gasteiger charge is 2.10. The van der Waals surface area contributed by atoms with Crippen LogP contribution in [0.5, 0.6) is 0 Å². The smallest absolute Gasteiger partial charge is 0.251 e. The highest BCUT2D eigenvalue weighted by Crippen LogP contribution is 2.09. The molecule has 1 aromatic rings. The summed E-state index contributed by atoms with van der Waals surface area (Å²) in [7, 11) is 2.96. The van der Waals surface area contributed by atoms with Gasteiger partial charge in [-0.2, -0.15) is 0 Å². The van der Waals surface area contributed by atoms with Gasteiger partial charge in [-0.1, -0.05) is 6.07 Å². The molecule has 0 unspecified atom stereocenters. The number of nitrogens with one attached hydrogen (secondary N) is 1. The van der Waals surface area contributed by atoms with Crippen LogP contribution in [0, 0.1) is 12.7 Å². The Kier molecular flexibility index (Phi) is 5.06. The van der Waals surface area contributed by atoms with E-state index >= 15 is 0 Å². The van der Waals surface area contributed by atoms with Crippen molar-refractivity contribution in [3.8, 4) is 0 Å². The van der Waals surface area contributed by atoms with Crippen LogP contribution in [0.25, 0.3) is 0 Å². The average Bonchev–Trinajstić information content (AvgIpc) is 2.33. The Morgan fingerprint density at radius 3 is 2.59 bits per heavy atom. The van der Waals surface area contributed by atoms with Crippen LogP contribution in [0.2, 0.25) is 0 Å². The number of ether oxygens (including phenoxy) is 2. The summed E-state index contributed by atoms with van der Waals surface area (Å²) in [5, 5.41) is 2.59. The highest BCUT2D eigenvalue weighted by molar-refractivity contribution is 5.94. The molecule has 5 heteroatoms. The third-order valence-corrected chi connectivity index (χ3v) is 2.39. The van der Waals surface area contributed by atoms with E-state index in [2.05, 4.69) is 5.32 Å². The van der Waals surface area contributed by atoms with Crippen LogP contribution in [0.3, 0.4) is 0 Å². The average molecular weight is 241 g/mol. The van der Waals surface area contributed by atoms with Gasteiger partial charge in [0, 0.05) is 19.8 Å². The predicted octanol–water partition coefficient (Wildman–Crippen LogP) is 1.48. The van der Waals surface area contributed by atoms with Crippen LogP contribution in [0.4, 0.5) is 4.39 Å². The van der Waals surface area contributed by atoms with Crippen molar-refractivity contribution in [2.24, 2.45) is 0 Å². The Bertz CT molecular complexity index is 391. The largest absolute Gasteiger partial charge is 0.354 e. The summed E-state index contributed by atoms with van der Waals surface area (Å²) in [5.74, 6) is -0.754. The maximum Gasteiger partial charge on any atom is 0.251 e. The Labute approximate surface area is 99.7 Å². The molecule has 0 fully saturated rings. The lowest BCUT2D eigenvalue weighted by molar-refractivity contribution is -0.0974. The molecule has 0 bridgehead atoms. The second-order valence-corrected chi connectivity index (χ2v) is 3.57. The van der Waals surface area contributed by atoms with Crippen molar-refractivity contribution in [1.82, 2.24) is 5.32 Å². The summed E-state index contributed by atoms with van der Waals surface area (Å²) in [5.41, 5.74) is 0.785. The molecule has 1 aromatic carbocycles. The van der Waals surface area contributed by atoms with E-state index in [0.29, 0.717) is 5.56 Å². The number of methoxy groups -OCH3 is 2. The molecular weight excluding hydrogens is 225 g/mol. The van der Waals surface area contributed by atoms with Gasteiger partial charge in [-0.05, 0) is 24.6 Å². The minimum Gasteiger partial charge on any atom is -0.354 e. The van der Waals surface area contributed by atoms with Crippen molar-refractivity contribution >= 4 is 5.91 Å². The molecule has 0 aliphatic heterocycles.